The Bertz CT molecular complexity index is 307. The standard InChI is InChI=1S/C9H10N2O/c1-3-8-5-4-6-9(11-8)10-7(2)12/h3-6H,1H2,2H3,(H,10,11,12). The molecule has 0 saturated carbocycles. The van der Waals surface area contributed by atoms with Gasteiger partial charge in [-0.1, -0.05) is 12.6 Å². The number of hydrogen-bond donors (Lipinski definition) is 1. The summed E-state index contributed by atoms with van der Waals surface area (Å²) in [5.74, 6) is 0.434. The van der Waals surface area contributed by atoms with Gasteiger partial charge >= 0.3 is 0 Å². The number of nitrogens with one attached hydrogen (secondary N) is 1. The number of nitrogens with zero attached hydrogens (tertiary/aromatic N) is 1. The smallest absolute Gasteiger partial charge is 0.222 e. The Balaban J connectivity index is 2.86. The van der Waals surface area contributed by atoms with E-state index in [1.165, 1.54) is 6.92 Å². The molecule has 0 radical (unpaired) electrons. The Labute approximate surface area is 71.1 Å². The third-order valence-electron chi connectivity index (χ3n) is 1.28. The lowest BCUT2D eigenvalue weighted by Crippen LogP contribution is -2.07. The van der Waals surface area contributed by atoms with Crippen molar-refractivity contribution in [3.8, 4) is 0 Å². The van der Waals surface area contributed by atoms with E-state index in [0.29, 0.717) is 5.82 Å². The first-order valence-electron chi connectivity index (χ1n) is 3.59. The number of carbonyl (C=O) groups excluding carboxylic acids is 1. The van der Waals surface area contributed by atoms with Crippen molar-refractivity contribution in [2.24, 2.45) is 0 Å². The number of carbonyl (C=O) groups is 1. The number of anilines is 1. The number of amides is 1. The fraction of sp³-hybridized carbons (Fsp3) is 0.111. The molecule has 0 unspecified atom stereocenters. The van der Waals surface area contributed by atoms with Gasteiger partial charge in [0.2, 0.25) is 5.91 Å². The van der Waals surface area contributed by atoms with Gasteiger partial charge in [-0.2, -0.15) is 0 Å². The molecule has 62 valence electrons. The monoisotopic (exact) mass is 162 g/mol. The number of hydrogen-bond acceptors (Lipinski definition) is 2. The van der Waals surface area contributed by atoms with E-state index in [1.807, 2.05) is 12.1 Å². The highest BCUT2D eigenvalue weighted by atomic mass is 16.1. The van der Waals surface area contributed by atoms with Gasteiger partial charge in [0.25, 0.3) is 0 Å². The molecule has 0 aliphatic carbocycles. The maximum Gasteiger partial charge on any atom is 0.222 e. The molecule has 1 aromatic heterocycles. The highest BCUT2D eigenvalue weighted by molar-refractivity contribution is 5.87. The molecule has 1 rings (SSSR count). The van der Waals surface area contributed by atoms with Gasteiger partial charge in [0, 0.05) is 6.92 Å². The average Bonchev–Trinajstić information content (AvgIpc) is 2.03. The zero-order valence-electron chi connectivity index (χ0n) is 6.87. The van der Waals surface area contributed by atoms with E-state index in [2.05, 4.69) is 16.9 Å². The van der Waals surface area contributed by atoms with E-state index < -0.39 is 0 Å². The van der Waals surface area contributed by atoms with E-state index in [0.717, 1.165) is 5.69 Å². The minimum atomic E-state index is -0.122. The van der Waals surface area contributed by atoms with Crippen LogP contribution in [0.1, 0.15) is 12.6 Å². The number of rotatable bonds is 2. The van der Waals surface area contributed by atoms with E-state index in [-0.39, 0.29) is 5.91 Å². The molecule has 0 aromatic carbocycles. The molecule has 0 fully saturated rings. The van der Waals surface area contributed by atoms with Crippen LogP contribution in [0.4, 0.5) is 5.82 Å². The topological polar surface area (TPSA) is 42.0 Å². The molecule has 1 aromatic rings. The second-order valence-electron chi connectivity index (χ2n) is 2.33. The minimum absolute atomic E-state index is 0.122. The van der Waals surface area contributed by atoms with Crippen molar-refractivity contribution < 1.29 is 4.79 Å². The Kier molecular flexibility index (Phi) is 2.58. The SMILES string of the molecule is C=Cc1cccc(NC(C)=O)n1. The van der Waals surface area contributed by atoms with Crippen molar-refractivity contribution >= 4 is 17.8 Å². The van der Waals surface area contributed by atoms with Gasteiger partial charge in [-0.15, -0.1) is 0 Å². The third-order valence-corrected chi connectivity index (χ3v) is 1.28. The van der Waals surface area contributed by atoms with E-state index >= 15 is 0 Å². The van der Waals surface area contributed by atoms with Crippen LogP contribution >= 0.6 is 0 Å². The zero-order valence-corrected chi connectivity index (χ0v) is 6.87. The maximum atomic E-state index is 10.6. The molecule has 0 bridgehead atoms. The normalized spacial score (nSPS) is 9.08. The summed E-state index contributed by atoms with van der Waals surface area (Å²) in [7, 11) is 0. The van der Waals surface area contributed by atoms with Crippen LogP contribution in [0.5, 0.6) is 0 Å². The van der Waals surface area contributed by atoms with Gasteiger partial charge in [0.1, 0.15) is 5.82 Å². The lowest BCUT2D eigenvalue weighted by atomic mass is 10.3. The van der Waals surface area contributed by atoms with Gasteiger partial charge in [-0.05, 0) is 18.2 Å². The second kappa shape index (κ2) is 3.67. The summed E-state index contributed by atoms with van der Waals surface area (Å²) < 4.78 is 0. The molecular weight excluding hydrogens is 152 g/mol. The molecule has 12 heavy (non-hydrogen) atoms. The van der Waals surface area contributed by atoms with E-state index in [1.54, 1.807) is 12.1 Å². The second-order valence-corrected chi connectivity index (χ2v) is 2.33. The molecule has 3 heteroatoms. The fourth-order valence-electron chi connectivity index (χ4n) is 0.815. The number of aromatic nitrogens is 1. The van der Waals surface area contributed by atoms with Crippen molar-refractivity contribution in [2.45, 2.75) is 6.92 Å². The molecule has 3 nitrogen and oxygen atoms in total. The Morgan fingerprint density at radius 1 is 1.67 bits per heavy atom. The summed E-state index contributed by atoms with van der Waals surface area (Å²) in [6, 6.07) is 5.36. The van der Waals surface area contributed by atoms with Crippen LogP contribution in [-0.4, -0.2) is 10.9 Å². The first kappa shape index (κ1) is 8.46. The van der Waals surface area contributed by atoms with Gasteiger partial charge < -0.3 is 5.32 Å². The maximum absolute atomic E-state index is 10.6. The molecule has 0 aliphatic heterocycles. The van der Waals surface area contributed by atoms with E-state index in [9.17, 15) is 4.79 Å². The highest BCUT2D eigenvalue weighted by Gasteiger charge is 1.95. The van der Waals surface area contributed by atoms with Gasteiger partial charge in [0.05, 0.1) is 5.69 Å². The Morgan fingerprint density at radius 3 is 3.00 bits per heavy atom. The van der Waals surface area contributed by atoms with E-state index in [4.69, 9.17) is 0 Å². The molecule has 1 N–H and O–H groups in total. The summed E-state index contributed by atoms with van der Waals surface area (Å²) in [5, 5.41) is 2.58. The summed E-state index contributed by atoms with van der Waals surface area (Å²) in [6.45, 7) is 5.02. The van der Waals surface area contributed by atoms with Crippen LogP contribution in [0.3, 0.4) is 0 Å². The fourth-order valence-corrected chi connectivity index (χ4v) is 0.815. The molecule has 0 saturated heterocycles. The summed E-state index contributed by atoms with van der Waals surface area (Å²) in [6.07, 6.45) is 1.63. The molecule has 0 atom stereocenters. The summed E-state index contributed by atoms with van der Waals surface area (Å²) in [4.78, 5) is 14.7. The Morgan fingerprint density at radius 2 is 2.42 bits per heavy atom. The first-order valence-corrected chi connectivity index (χ1v) is 3.59. The van der Waals surface area contributed by atoms with Gasteiger partial charge in [-0.25, -0.2) is 4.98 Å². The van der Waals surface area contributed by atoms with Crippen LogP contribution in [0.15, 0.2) is 24.8 Å². The summed E-state index contributed by atoms with van der Waals surface area (Å²) >= 11 is 0. The number of pyridine rings is 1. The predicted octanol–water partition coefficient (Wildman–Crippen LogP) is 1.68. The first-order chi connectivity index (χ1) is 5.72. The minimum Gasteiger partial charge on any atom is -0.311 e. The van der Waals surface area contributed by atoms with Crippen molar-refractivity contribution in [3.05, 3.63) is 30.5 Å². The lowest BCUT2D eigenvalue weighted by Gasteiger charge is -2.00. The molecular formula is C9H10N2O. The quantitative estimate of drug-likeness (QED) is 0.718. The van der Waals surface area contributed by atoms with Crippen LogP contribution in [0.2, 0.25) is 0 Å². The molecule has 0 aliphatic rings. The molecule has 0 spiro atoms. The third kappa shape index (κ3) is 2.20. The molecule has 1 heterocycles. The van der Waals surface area contributed by atoms with Gasteiger partial charge in [-0.3, -0.25) is 4.79 Å². The Hall–Kier alpha value is -1.64. The van der Waals surface area contributed by atoms with Crippen LogP contribution in [0, 0.1) is 0 Å². The van der Waals surface area contributed by atoms with Crippen LogP contribution in [-0.2, 0) is 4.79 Å². The van der Waals surface area contributed by atoms with Crippen molar-refractivity contribution in [3.63, 3.8) is 0 Å². The highest BCUT2D eigenvalue weighted by Crippen LogP contribution is 2.04. The summed E-state index contributed by atoms with van der Waals surface area (Å²) in [5.41, 5.74) is 0.751. The van der Waals surface area contributed by atoms with Gasteiger partial charge in [0.15, 0.2) is 0 Å². The lowest BCUT2D eigenvalue weighted by molar-refractivity contribution is -0.114. The van der Waals surface area contributed by atoms with Crippen LogP contribution < -0.4 is 5.32 Å². The van der Waals surface area contributed by atoms with Crippen LogP contribution in [0.25, 0.3) is 6.08 Å². The van der Waals surface area contributed by atoms with Crippen molar-refractivity contribution in [1.82, 2.24) is 4.98 Å². The largest absolute Gasteiger partial charge is 0.311 e. The zero-order chi connectivity index (χ0) is 8.97. The average molecular weight is 162 g/mol. The van der Waals surface area contributed by atoms with Crippen molar-refractivity contribution in [2.75, 3.05) is 5.32 Å². The molecule has 1 amide bonds. The predicted molar refractivity (Wildman–Crippen MR) is 48.6 cm³/mol. The van der Waals surface area contributed by atoms with Crippen molar-refractivity contribution in [1.29, 1.82) is 0 Å².